The normalized spacial score (nSPS) is 13.3. The summed E-state index contributed by atoms with van der Waals surface area (Å²) >= 11 is 0. The first kappa shape index (κ1) is 23.6. The van der Waals surface area contributed by atoms with Gasteiger partial charge >= 0.3 is 0 Å². The SMILES string of the molecule is CCCNC(=O)[C@@H](CC)N(Cc1ccccc1C)C(=O)CCc1ccc2c(c1)OCCO2. The molecule has 2 amide bonds. The van der Waals surface area contributed by atoms with Crippen molar-refractivity contribution in [1.29, 1.82) is 0 Å². The zero-order valence-corrected chi connectivity index (χ0v) is 19.4. The molecule has 0 radical (unpaired) electrons. The fourth-order valence-electron chi connectivity index (χ4n) is 3.89. The lowest BCUT2D eigenvalue weighted by molar-refractivity contribution is -0.141. The Labute approximate surface area is 190 Å². The maximum atomic E-state index is 13.4. The van der Waals surface area contributed by atoms with E-state index in [-0.39, 0.29) is 11.8 Å². The lowest BCUT2D eigenvalue weighted by Crippen LogP contribution is -2.49. The lowest BCUT2D eigenvalue weighted by atomic mass is 10.0. The first-order valence-electron chi connectivity index (χ1n) is 11.5. The summed E-state index contributed by atoms with van der Waals surface area (Å²) in [6.45, 7) is 8.12. The highest BCUT2D eigenvalue weighted by Crippen LogP contribution is 2.31. The summed E-state index contributed by atoms with van der Waals surface area (Å²) in [6.07, 6.45) is 2.32. The fraction of sp³-hybridized carbons (Fsp3) is 0.462. The van der Waals surface area contributed by atoms with Crippen LogP contribution in [0.1, 0.15) is 49.8 Å². The molecule has 3 rings (SSSR count). The van der Waals surface area contributed by atoms with Crippen molar-refractivity contribution in [3.05, 3.63) is 59.2 Å². The van der Waals surface area contributed by atoms with E-state index in [9.17, 15) is 9.59 Å². The van der Waals surface area contributed by atoms with Gasteiger partial charge in [0.05, 0.1) is 0 Å². The third-order valence-electron chi connectivity index (χ3n) is 5.77. The minimum atomic E-state index is -0.492. The van der Waals surface area contributed by atoms with Gasteiger partial charge in [0.25, 0.3) is 0 Å². The molecule has 0 spiro atoms. The molecule has 2 aromatic rings. The highest BCUT2D eigenvalue weighted by molar-refractivity contribution is 5.87. The molecule has 2 aromatic carbocycles. The smallest absolute Gasteiger partial charge is 0.242 e. The van der Waals surface area contributed by atoms with Gasteiger partial charge in [-0.15, -0.1) is 0 Å². The zero-order chi connectivity index (χ0) is 22.9. The first-order chi connectivity index (χ1) is 15.5. The molecule has 172 valence electrons. The molecule has 1 heterocycles. The van der Waals surface area contributed by atoms with E-state index in [0.29, 0.717) is 45.6 Å². The molecule has 32 heavy (non-hydrogen) atoms. The maximum Gasteiger partial charge on any atom is 0.242 e. The highest BCUT2D eigenvalue weighted by atomic mass is 16.6. The van der Waals surface area contributed by atoms with Crippen molar-refractivity contribution < 1.29 is 19.1 Å². The van der Waals surface area contributed by atoms with Gasteiger partial charge in [-0.3, -0.25) is 9.59 Å². The topological polar surface area (TPSA) is 67.9 Å². The molecule has 1 aliphatic heterocycles. The molecule has 1 N–H and O–H groups in total. The van der Waals surface area contributed by atoms with Crippen molar-refractivity contribution in [2.75, 3.05) is 19.8 Å². The van der Waals surface area contributed by atoms with Gasteiger partial charge in [0.1, 0.15) is 19.3 Å². The fourth-order valence-corrected chi connectivity index (χ4v) is 3.89. The molecule has 0 saturated carbocycles. The van der Waals surface area contributed by atoms with Gasteiger partial charge in [-0.25, -0.2) is 0 Å². The Balaban J connectivity index is 1.75. The van der Waals surface area contributed by atoms with Gasteiger partial charge in [0, 0.05) is 19.5 Å². The Hall–Kier alpha value is -3.02. The molecule has 0 unspecified atom stereocenters. The monoisotopic (exact) mass is 438 g/mol. The van der Waals surface area contributed by atoms with Crippen molar-refractivity contribution in [2.45, 2.75) is 59.0 Å². The average Bonchev–Trinajstić information content (AvgIpc) is 2.82. The second-order valence-corrected chi connectivity index (χ2v) is 8.14. The number of nitrogens with one attached hydrogen (secondary N) is 1. The molecule has 0 bridgehead atoms. The average molecular weight is 439 g/mol. The Morgan fingerprint density at radius 3 is 2.53 bits per heavy atom. The second kappa shape index (κ2) is 11.6. The second-order valence-electron chi connectivity index (χ2n) is 8.14. The molecule has 0 aromatic heterocycles. The van der Waals surface area contributed by atoms with E-state index in [0.717, 1.165) is 34.6 Å². The van der Waals surface area contributed by atoms with Gasteiger partial charge in [0.15, 0.2) is 11.5 Å². The predicted octanol–water partition coefficient (Wildman–Crippen LogP) is 4.03. The van der Waals surface area contributed by atoms with Crippen molar-refractivity contribution >= 4 is 11.8 Å². The number of hydrogen-bond acceptors (Lipinski definition) is 4. The molecule has 6 nitrogen and oxygen atoms in total. The number of amides is 2. The highest BCUT2D eigenvalue weighted by Gasteiger charge is 2.28. The number of rotatable bonds is 10. The van der Waals surface area contributed by atoms with E-state index in [1.165, 1.54) is 0 Å². The van der Waals surface area contributed by atoms with Gasteiger partial charge in [-0.05, 0) is 55.0 Å². The van der Waals surface area contributed by atoms with E-state index in [1.54, 1.807) is 4.90 Å². The maximum absolute atomic E-state index is 13.4. The van der Waals surface area contributed by atoms with Gasteiger partial charge < -0.3 is 19.7 Å². The van der Waals surface area contributed by atoms with Gasteiger partial charge in [-0.2, -0.15) is 0 Å². The van der Waals surface area contributed by atoms with E-state index >= 15 is 0 Å². The predicted molar refractivity (Wildman–Crippen MR) is 125 cm³/mol. The summed E-state index contributed by atoms with van der Waals surface area (Å²) in [5.74, 6) is 1.35. The molecule has 1 atom stereocenters. The molecule has 0 fully saturated rings. The molecular formula is C26H34N2O4. The van der Waals surface area contributed by atoms with Crippen LogP contribution in [0, 0.1) is 6.92 Å². The van der Waals surface area contributed by atoms with Crippen LogP contribution in [0.2, 0.25) is 0 Å². The van der Waals surface area contributed by atoms with Crippen LogP contribution in [-0.2, 0) is 22.6 Å². The van der Waals surface area contributed by atoms with E-state index < -0.39 is 6.04 Å². The zero-order valence-electron chi connectivity index (χ0n) is 19.4. The van der Waals surface area contributed by atoms with Crippen LogP contribution in [0.4, 0.5) is 0 Å². The molecule has 1 aliphatic rings. The molecular weight excluding hydrogens is 404 g/mol. The standard InChI is InChI=1S/C26H34N2O4/c1-4-14-27-26(30)22(5-2)28(18-21-9-7-6-8-19(21)3)25(29)13-11-20-10-12-23-24(17-20)32-16-15-31-23/h6-10,12,17,22H,4-5,11,13-16,18H2,1-3H3,(H,27,30)/t22-/m1/s1. The first-order valence-corrected chi connectivity index (χ1v) is 11.5. The summed E-state index contributed by atoms with van der Waals surface area (Å²) in [5, 5.41) is 2.96. The van der Waals surface area contributed by atoms with E-state index in [1.807, 2.05) is 63.2 Å². The van der Waals surface area contributed by atoms with Gasteiger partial charge in [-0.1, -0.05) is 44.2 Å². The minimum Gasteiger partial charge on any atom is -0.486 e. The third-order valence-corrected chi connectivity index (χ3v) is 5.77. The Kier molecular flexibility index (Phi) is 8.54. The number of ether oxygens (including phenoxy) is 2. The van der Waals surface area contributed by atoms with E-state index in [4.69, 9.17) is 9.47 Å². The third kappa shape index (κ3) is 6.02. The summed E-state index contributed by atoms with van der Waals surface area (Å²) < 4.78 is 11.2. The van der Waals surface area contributed by atoms with Crippen LogP contribution in [0.3, 0.4) is 0 Å². The minimum absolute atomic E-state index is 0.0263. The number of fused-ring (bicyclic) bond motifs is 1. The number of carbonyl (C=O) groups is 2. The molecule has 6 heteroatoms. The Bertz CT molecular complexity index is 928. The molecule has 0 aliphatic carbocycles. The molecule has 0 saturated heterocycles. The van der Waals surface area contributed by atoms with E-state index in [2.05, 4.69) is 5.32 Å². The van der Waals surface area contributed by atoms with Crippen LogP contribution < -0.4 is 14.8 Å². The Morgan fingerprint density at radius 1 is 1.06 bits per heavy atom. The number of nitrogens with zero attached hydrogens (tertiary/aromatic N) is 1. The van der Waals surface area contributed by atoms with Crippen LogP contribution in [0.5, 0.6) is 11.5 Å². The Morgan fingerprint density at radius 2 is 1.81 bits per heavy atom. The number of benzene rings is 2. The van der Waals surface area contributed by atoms with Crippen LogP contribution in [-0.4, -0.2) is 42.5 Å². The number of hydrogen-bond donors (Lipinski definition) is 1. The van der Waals surface area contributed by atoms with Crippen molar-refractivity contribution in [1.82, 2.24) is 10.2 Å². The van der Waals surface area contributed by atoms with Crippen molar-refractivity contribution in [2.24, 2.45) is 0 Å². The van der Waals surface area contributed by atoms with Crippen LogP contribution in [0.25, 0.3) is 0 Å². The van der Waals surface area contributed by atoms with Crippen LogP contribution >= 0.6 is 0 Å². The largest absolute Gasteiger partial charge is 0.486 e. The van der Waals surface area contributed by atoms with Crippen molar-refractivity contribution in [3.63, 3.8) is 0 Å². The van der Waals surface area contributed by atoms with Gasteiger partial charge in [0.2, 0.25) is 11.8 Å². The van der Waals surface area contributed by atoms with Crippen LogP contribution in [0.15, 0.2) is 42.5 Å². The summed E-state index contributed by atoms with van der Waals surface area (Å²) in [7, 11) is 0. The number of aryl methyl sites for hydroxylation is 2. The summed E-state index contributed by atoms with van der Waals surface area (Å²) in [5.41, 5.74) is 3.19. The number of carbonyl (C=O) groups excluding carboxylic acids is 2. The summed E-state index contributed by atoms with van der Waals surface area (Å²) in [4.78, 5) is 28.0. The lowest BCUT2D eigenvalue weighted by Gasteiger charge is -2.31. The summed E-state index contributed by atoms with van der Waals surface area (Å²) in [6, 6.07) is 13.3. The van der Waals surface area contributed by atoms with Crippen molar-refractivity contribution in [3.8, 4) is 11.5 Å². The quantitative estimate of drug-likeness (QED) is 0.608.